The lowest BCUT2D eigenvalue weighted by atomic mass is 10.0. The highest BCUT2D eigenvalue weighted by atomic mass is 127. The lowest BCUT2D eigenvalue weighted by molar-refractivity contribution is -0.127. The number of likely N-dealkylation sites (N-methyl/N-ethyl adjacent to an activating group) is 1. The monoisotopic (exact) mass is 467 g/mol. The number of ether oxygens (including phenoxy) is 1. The molecule has 0 saturated carbocycles. The average Bonchev–Trinajstić information content (AvgIpc) is 2.57. The van der Waals surface area contributed by atoms with Gasteiger partial charge >= 0.3 is 0 Å². The van der Waals surface area contributed by atoms with Crippen LogP contribution in [0.2, 0.25) is 0 Å². The predicted molar refractivity (Wildman–Crippen MR) is 114 cm³/mol. The van der Waals surface area contributed by atoms with E-state index in [2.05, 4.69) is 41.0 Å². The van der Waals surface area contributed by atoms with Crippen LogP contribution in [0, 0.1) is 5.92 Å². The molecular weight excluding hydrogens is 433 g/mol. The maximum atomic E-state index is 11.7. The van der Waals surface area contributed by atoms with Crippen LogP contribution in [-0.2, 0) is 9.53 Å². The minimum atomic E-state index is -0.0247. The van der Waals surface area contributed by atoms with E-state index in [-0.39, 0.29) is 36.4 Å². The smallest absolute Gasteiger partial charge is 0.243 e. The van der Waals surface area contributed by atoms with E-state index in [9.17, 15) is 4.79 Å². The molecule has 0 aromatic heterocycles. The zero-order valence-corrected chi connectivity index (χ0v) is 18.3. The molecule has 1 unspecified atom stereocenters. The third kappa shape index (κ3) is 9.41. The topological polar surface area (TPSA) is 69.2 Å². The number of nitrogens with zero attached hydrogens (tertiary/aromatic N) is 3. The van der Waals surface area contributed by atoms with Gasteiger partial charge in [0.2, 0.25) is 5.91 Å². The number of halogens is 1. The number of guanidine groups is 1. The Hall–Kier alpha value is -0.870. The number of morpholine rings is 1. The standard InChI is InChI=1S/C17H33N5O2.HI/c1-6-7-18-17(20-13-16(23)21(4)5)19-12-15(14(2)3)22-8-10-24-11-9-22;/h6,14-15H,1,7-13H2,2-5H3,(H2,18,19,20);1H. The zero-order valence-electron chi connectivity index (χ0n) is 16.0. The molecule has 1 fully saturated rings. The van der Waals surface area contributed by atoms with Crippen LogP contribution in [0.15, 0.2) is 17.6 Å². The Morgan fingerprint density at radius 2 is 1.96 bits per heavy atom. The maximum absolute atomic E-state index is 11.7. The summed E-state index contributed by atoms with van der Waals surface area (Å²) in [5.41, 5.74) is 0. The summed E-state index contributed by atoms with van der Waals surface area (Å²) in [4.78, 5) is 20.1. The SMILES string of the molecule is C=CCNC(=NCC(=O)N(C)C)NCC(C(C)C)N1CCOCC1.I. The van der Waals surface area contributed by atoms with Crippen molar-refractivity contribution in [3.8, 4) is 0 Å². The molecule has 0 radical (unpaired) electrons. The average molecular weight is 467 g/mol. The van der Waals surface area contributed by atoms with E-state index in [1.165, 1.54) is 0 Å². The first-order valence-corrected chi connectivity index (χ1v) is 8.60. The summed E-state index contributed by atoms with van der Waals surface area (Å²) < 4.78 is 5.44. The Kier molecular flexibility index (Phi) is 12.9. The lowest BCUT2D eigenvalue weighted by Crippen LogP contribution is -2.52. The number of amides is 1. The fourth-order valence-electron chi connectivity index (χ4n) is 2.53. The summed E-state index contributed by atoms with van der Waals surface area (Å²) >= 11 is 0. The van der Waals surface area contributed by atoms with Crippen LogP contribution >= 0.6 is 24.0 Å². The zero-order chi connectivity index (χ0) is 17.9. The molecule has 7 nitrogen and oxygen atoms in total. The summed E-state index contributed by atoms with van der Waals surface area (Å²) in [6.45, 7) is 13.2. The van der Waals surface area contributed by atoms with E-state index in [1.54, 1.807) is 25.1 Å². The largest absolute Gasteiger partial charge is 0.379 e. The molecular formula is C17H34IN5O2. The van der Waals surface area contributed by atoms with Crippen molar-refractivity contribution in [2.45, 2.75) is 19.9 Å². The van der Waals surface area contributed by atoms with E-state index in [0.29, 0.717) is 24.5 Å². The van der Waals surface area contributed by atoms with Gasteiger partial charge in [-0.15, -0.1) is 30.6 Å². The van der Waals surface area contributed by atoms with Crippen molar-refractivity contribution in [3.63, 3.8) is 0 Å². The lowest BCUT2D eigenvalue weighted by Gasteiger charge is -2.37. The van der Waals surface area contributed by atoms with Crippen LogP contribution < -0.4 is 10.6 Å². The highest BCUT2D eigenvalue weighted by Gasteiger charge is 2.23. The number of aliphatic imine (C=N–C) groups is 1. The van der Waals surface area contributed by atoms with Gasteiger partial charge in [-0.05, 0) is 5.92 Å². The second-order valence-electron chi connectivity index (χ2n) is 6.46. The molecule has 0 aliphatic carbocycles. The van der Waals surface area contributed by atoms with Crippen molar-refractivity contribution < 1.29 is 9.53 Å². The summed E-state index contributed by atoms with van der Waals surface area (Å²) in [5, 5.41) is 6.53. The van der Waals surface area contributed by atoms with E-state index < -0.39 is 0 Å². The number of carbonyl (C=O) groups excluding carboxylic acids is 1. The van der Waals surface area contributed by atoms with Gasteiger partial charge in [-0.3, -0.25) is 9.69 Å². The predicted octanol–water partition coefficient (Wildman–Crippen LogP) is 0.771. The minimum Gasteiger partial charge on any atom is -0.379 e. The van der Waals surface area contributed by atoms with Crippen molar-refractivity contribution in [3.05, 3.63) is 12.7 Å². The van der Waals surface area contributed by atoms with Crippen LogP contribution in [0.1, 0.15) is 13.8 Å². The Labute approximate surface area is 169 Å². The third-order valence-corrected chi connectivity index (χ3v) is 4.05. The molecule has 0 aromatic rings. The minimum absolute atomic E-state index is 0. The summed E-state index contributed by atoms with van der Waals surface area (Å²) in [6.07, 6.45) is 1.77. The second kappa shape index (κ2) is 13.3. The molecule has 0 aromatic carbocycles. The van der Waals surface area contributed by atoms with E-state index in [1.807, 2.05) is 0 Å². The Morgan fingerprint density at radius 3 is 2.48 bits per heavy atom. The van der Waals surface area contributed by atoms with Gasteiger partial charge in [0.1, 0.15) is 6.54 Å². The Morgan fingerprint density at radius 1 is 1.32 bits per heavy atom. The van der Waals surface area contributed by atoms with E-state index >= 15 is 0 Å². The van der Waals surface area contributed by atoms with Crippen LogP contribution in [0.3, 0.4) is 0 Å². The first kappa shape index (κ1) is 24.1. The number of nitrogens with one attached hydrogen (secondary N) is 2. The molecule has 25 heavy (non-hydrogen) atoms. The third-order valence-electron chi connectivity index (χ3n) is 4.05. The highest BCUT2D eigenvalue weighted by molar-refractivity contribution is 14.0. The van der Waals surface area contributed by atoms with Crippen molar-refractivity contribution >= 4 is 35.8 Å². The van der Waals surface area contributed by atoms with Crippen molar-refractivity contribution in [1.29, 1.82) is 0 Å². The fraction of sp³-hybridized carbons (Fsp3) is 0.765. The fourth-order valence-corrected chi connectivity index (χ4v) is 2.53. The number of carbonyl (C=O) groups is 1. The summed E-state index contributed by atoms with van der Waals surface area (Å²) in [7, 11) is 3.46. The molecule has 1 heterocycles. The first-order chi connectivity index (χ1) is 11.5. The summed E-state index contributed by atoms with van der Waals surface area (Å²) in [5.74, 6) is 1.13. The summed E-state index contributed by atoms with van der Waals surface area (Å²) in [6, 6.07) is 0.397. The van der Waals surface area contributed by atoms with Gasteiger partial charge in [0, 0.05) is 46.3 Å². The number of rotatable bonds is 8. The van der Waals surface area contributed by atoms with Crippen LogP contribution in [0.5, 0.6) is 0 Å². The van der Waals surface area contributed by atoms with E-state index in [0.717, 1.165) is 32.8 Å². The normalized spacial score (nSPS) is 16.8. The van der Waals surface area contributed by atoms with Gasteiger partial charge in [0.25, 0.3) is 0 Å². The van der Waals surface area contributed by atoms with Gasteiger partial charge in [0.05, 0.1) is 13.2 Å². The van der Waals surface area contributed by atoms with Crippen molar-refractivity contribution in [1.82, 2.24) is 20.4 Å². The number of hydrogen-bond donors (Lipinski definition) is 2. The molecule has 1 aliphatic rings. The van der Waals surface area contributed by atoms with Crippen molar-refractivity contribution in [2.24, 2.45) is 10.9 Å². The molecule has 1 rings (SSSR count). The molecule has 1 amide bonds. The maximum Gasteiger partial charge on any atom is 0.243 e. The molecule has 1 saturated heterocycles. The van der Waals surface area contributed by atoms with Gasteiger partial charge in [-0.2, -0.15) is 0 Å². The first-order valence-electron chi connectivity index (χ1n) is 8.60. The quantitative estimate of drug-likeness (QED) is 0.239. The molecule has 0 spiro atoms. The van der Waals surface area contributed by atoms with Gasteiger partial charge in [-0.1, -0.05) is 19.9 Å². The Balaban J connectivity index is 0.00000576. The van der Waals surface area contributed by atoms with Gasteiger partial charge < -0.3 is 20.3 Å². The van der Waals surface area contributed by atoms with Gasteiger partial charge in [0.15, 0.2) is 5.96 Å². The van der Waals surface area contributed by atoms with Crippen LogP contribution in [-0.4, -0.2) is 87.7 Å². The number of hydrogen-bond acceptors (Lipinski definition) is 4. The second-order valence-corrected chi connectivity index (χ2v) is 6.46. The molecule has 146 valence electrons. The van der Waals surface area contributed by atoms with Gasteiger partial charge in [-0.25, -0.2) is 4.99 Å². The molecule has 2 N–H and O–H groups in total. The Bertz CT molecular complexity index is 423. The molecule has 8 heteroatoms. The molecule has 1 atom stereocenters. The van der Waals surface area contributed by atoms with Crippen LogP contribution in [0.25, 0.3) is 0 Å². The molecule has 1 aliphatic heterocycles. The van der Waals surface area contributed by atoms with Crippen molar-refractivity contribution in [2.75, 3.05) is 60.0 Å². The van der Waals surface area contributed by atoms with Crippen LogP contribution in [0.4, 0.5) is 0 Å². The highest BCUT2D eigenvalue weighted by Crippen LogP contribution is 2.12. The molecule has 0 bridgehead atoms. The van der Waals surface area contributed by atoms with E-state index in [4.69, 9.17) is 4.74 Å².